The molecule has 1 N–H and O–H groups in total. The van der Waals surface area contributed by atoms with Crippen molar-refractivity contribution in [2.45, 2.75) is 0 Å². The zero-order chi connectivity index (χ0) is 10.7. The zero-order valence-corrected chi connectivity index (χ0v) is 6.84. The van der Waals surface area contributed by atoms with Crippen LogP contribution in [0.3, 0.4) is 0 Å². The van der Waals surface area contributed by atoms with E-state index in [0.29, 0.717) is 6.29 Å². The van der Waals surface area contributed by atoms with Gasteiger partial charge in [-0.15, -0.1) is 0 Å². The van der Waals surface area contributed by atoms with Crippen molar-refractivity contribution in [2.75, 3.05) is 0 Å². The monoisotopic (exact) mass is 195 g/mol. The Balaban J connectivity index is 3.49. The molecule has 0 spiro atoms. The lowest BCUT2D eigenvalue weighted by atomic mass is 10.1. The summed E-state index contributed by atoms with van der Waals surface area (Å²) in [5.41, 5.74) is -0.963. The molecule has 6 heteroatoms. The fourth-order valence-corrected chi connectivity index (χ4v) is 0.961. The molecule has 0 atom stereocenters. The molecule has 0 aliphatic carbocycles. The van der Waals surface area contributed by atoms with Gasteiger partial charge in [-0.3, -0.25) is 19.7 Å². The van der Waals surface area contributed by atoms with Crippen LogP contribution in [0.4, 0.5) is 5.69 Å². The van der Waals surface area contributed by atoms with Crippen LogP contribution in [0.25, 0.3) is 0 Å². The first-order valence-electron chi connectivity index (χ1n) is 3.52. The van der Waals surface area contributed by atoms with Crippen LogP contribution < -0.4 is 0 Å². The number of hydrogen-bond acceptors (Lipinski definition) is 5. The maximum absolute atomic E-state index is 10.4. The summed E-state index contributed by atoms with van der Waals surface area (Å²) in [7, 11) is 0. The third kappa shape index (κ3) is 1.58. The molecule has 0 aromatic heterocycles. The summed E-state index contributed by atoms with van der Waals surface area (Å²) in [6, 6.07) is 1.97. The van der Waals surface area contributed by atoms with Crippen molar-refractivity contribution in [1.29, 1.82) is 0 Å². The van der Waals surface area contributed by atoms with E-state index in [0.717, 1.165) is 12.1 Å². The second-order valence-electron chi connectivity index (χ2n) is 2.47. The van der Waals surface area contributed by atoms with Gasteiger partial charge in [0.25, 0.3) is 0 Å². The molecule has 0 aliphatic heterocycles. The molecule has 14 heavy (non-hydrogen) atoms. The SMILES string of the molecule is O=Cc1cc(C=O)c(O)c([N+](=O)[O-])c1. The molecule has 0 radical (unpaired) electrons. The second-order valence-corrected chi connectivity index (χ2v) is 2.47. The van der Waals surface area contributed by atoms with Crippen molar-refractivity contribution in [3.05, 3.63) is 33.4 Å². The van der Waals surface area contributed by atoms with Crippen LogP contribution in [0.2, 0.25) is 0 Å². The van der Waals surface area contributed by atoms with Crippen LogP contribution in [-0.2, 0) is 0 Å². The number of aromatic hydroxyl groups is 1. The highest BCUT2D eigenvalue weighted by Gasteiger charge is 2.18. The Morgan fingerprint density at radius 3 is 2.36 bits per heavy atom. The van der Waals surface area contributed by atoms with Crippen molar-refractivity contribution < 1.29 is 19.6 Å². The molecule has 0 fully saturated rings. The average Bonchev–Trinajstić information content (AvgIpc) is 2.17. The van der Waals surface area contributed by atoms with E-state index >= 15 is 0 Å². The maximum atomic E-state index is 10.4. The number of nitro groups is 1. The number of benzene rings is 1. The van der Waals surface area contributed by atoms with Crippen LogP contribution in [0.5, 0.6) is 5.75 Å². The number of carbonyl (C=O) groups is 2. The molecule has 0 aliphatic rings. The molecular formula is C8H5NO5. The molecule has 1 aromatic rings. The Morgan fingerprint density at radius 2 is 1.93 bits per heavy atom. The summed E-state index contributed by atoms with van der Waals surface area (Å²) >= 11 is 0. The molecule has 72 valence electrons. The minimum absolute atomic E-state index is 0.0309. The van der Waals surface area contributed by atoms with Gasteiger partial charge in [-0.1, -0.05) is 0 Å². The molecule has 0 amide bonds. The highest BCUT2D eigenvalue weighted by Crippen LogP contribution is 2.29. The van der Waals surface area contributed by atoms with E-state index in [4.69, 9.17) is 0 Å². The van der Waals surface area contributed by atoms with Crippen molar-refractivity contribution >= 4 is 18.3 Å². The molecule has 0 heterocycles. The molecule has 6 nitrogen and oxygen atoms in total. The first kappa shape index (κ1) is 9.85. The zero-order valence-electron chi connectivity index (χ0n) is 6.84. The lowest BCUT2D eigenvalue weighted by Crippen LogP contribution is -1.94. The van der Waals surface area contributed by atoms with Crippen LogP contribution in [0.1, 0.15) is 20.7 Å². The fourth-order valence-electron chi connectivity index (χ4n) is 0.961. The van der Waals surface area contributed by atoms with Gasteiger partial charge in [0, 0.05) is 11.6 Å². The van der Waals surface area contributed by atoms with Crippen molar-refractivity contribution in [3.8, 4) is 5.75 Å². The van der Waals surface area contributed by atoms with Crippen LogP contribution in [0, 0.1) is 10.1 Å². The largest absolute Gasteiger partial charge is 0.502 e. The van der Waals surface area contributed by atoms with Gasteiger partial charge in [-0.25, -0.2) is 0 Å². The van der Waals surface area contributed by atoms with Crippen LogP contribution in [-0.4, -0.2) is 22.6 Å². The highest BCUT2D eigenvalue weighted by molar-refractivity contribution is 5.87. The Labute approximate surface area is 77.9 Å². The van der Waals surface area contributed by atoms with Crippen LogP contribution in [0.15, 0.2) is 12.1 Å². The van der Waals surface area contributed by atoms with E-state index in [1.54, 1.807) is 0 Å². The second kappa shape index (κ2) is 3.65. The van der Waals surface area contributed by atoms with Gasteiger partial charge >= 0.3 is 5.69 Å². The smallest absolute Gasteiger partial charge is 0.312 e. The summed E-state index contributed by atoms with van der Waals surface area (Å²) in [6.07, 6.45) is 0.606. The molecule has 0 bridgehead atoms. The average molecular weight is 195 g/mol. The third-order valence-corrected chi connectivity index (χ3v) is 1.60. The molecular weight excluding hydrogens is 190 g/mol. The fraction of sp³-hybridized carbons (Fsp3) is 0. The minimum atomic E-state index is -0.866. The predicted molar refractivity (Wildman–Crippen MR) is 45.5 cm³/mol. The lowest BCUT2D eigenvalue weighted by Gasteiger charge is -1.99. The van der Waals surface area contributed by atoms with Crippen LogP contribution >= 0.6 is 0 Å². The van der Waals surface area contributed by atoms with Gasteiger partial charge in [-0.2, -0.15) is 0 Å². The van der Waals surface area contributed by atoms with E-state index in [1.165, 1.54) is 0 Å². The quantitative estimate of drug-likeness (QED) is 0.439. The highest BCUT2D eigenvalue weighted by atomic mass is 16.6. The Morgan fingerprint density at radius 1 is 1.29 bits per heavy atom. The number of rotatable bonds is 3. The maximum Gasteiger partial charge on any atom is 0.312 e. The normalized spacial score (nSPS) is 9.43. The Bertz CT molecular complexity index is 412. The van der Waals surface area contributed by atoms with Crippen molar-refractivity contribution in [3.63, 3.8) is 0 Å². The first-order chi connectivity index (χ1) is 6.60. The predicted octanol–water partition coefficient (Wildman–Crippen LogP) is 0.925. The number of nitrogens with zero attached hydrogens (tertiary/aromatic N) is 1. The summed E-state index contributed by atoms with van der Waals surface area (Å²) < 4.78 is 0. The van der Waals surface area contributed by atoms with E-state index in [9.17, 15) is 24.8 Å². The van der Waals surface area contributed by atoms with Gasteiger partial charge in [0.1, 0.15) is 6.29 Å². The van der Waals surface area contributed by atoms with Crippen molar-refractivity contribution in [2.24, 2.45) is 0 Å². The molecule has 1 aromatic carbocycles. The summed E-state index contributed by atoms with van der Waals surface area (Å²) in [4.78, 5) is 30.2. The number of carbonyl (C=O) groups excluding carboxylic acids is 2. The summed E-state index contributed by atoms with van der Waals surface area (Å²) in [5.74, 6) is -0.726. The van der Waals surface area contributed by atoms with E-state index in [1.807, 2.05) is 0 Å². The van der Waals surface area contributed by atoms with E-state index in [2.05, 4.69) is 0 Å². The number of nitro benzene ring substituents is 1. The minimum Gasteiger partial charge on any atom is -0.502 e. The first-order valence-corrected chi connectivity index (χ1v) is 3.52. The Kier molecular flexibility index (Phi) is 2.57. The third-order valence-electron chi connectivity index (χ3n) is 1.60. The summed E-state index contributed by atoms with van der Waals surface area (Å²) in [6.45, 7) is 0. The number of phenols is 1. The molecule has 1 rings (SSSR count). The Hall–Kier alpha value is -2.24. The standard InChI is InChI=1S/C8H5NO5/c10-3-5-1-6(4-11)8(12)7(2-5)9(13)14/h1-4,12H. The van der Waals surface area contributed by atoms with Gasteiger partial charge < -0.3 is 5.11 Å². The van der Waals surface area contributed by atoms with E-state index < -0.39 is 16.4 Å². The van der Waals surface area contributed by atoms with E-state index in [-0.39, 0.29) is 17.4 Å². The molecule has 0 saturated heterocycles. The van der Waals surface area contributed by atoms with Gasteiger partial charge in [-0.05, 0) is 6.07 Å². The van der Waals surface area contributed by atoms with Gasteiger partial charge in [0.15, 0.2) is 6.29 Å². The number of aldehydes is 2. The molecule has 0 unspecified atom stereocenters. The number of hydrogen-bond donors (Lipinski definition) is 1. The topological polar surface area (TPSA) is 97.5 Å². The number of phenolic OH excluding ortho intramolecular Hbond substituents is 1. The lowest BCUT2D eigenvalue weighted by molar-refractivity contribution is -0.385. The van der Waals surface area contributed by atoms with Gasteiger partial charge in [0.05, 0.1) is 10.5 Å². The summed E-state index contributed by atoms with van der Waals surface area (Å²) in [5, 5.41) is 19.6. The molecule has 0 saturated carbocycles. The van der Waals surface area contributed by atoms with Gasteiger partial charge in [0.2, 0.25) is 5.75 Å². The van der Waals surface area contributed by atoms with Crippen molar-refractivity contribution in [1.82, 2.24) is 0 Å².